The Balaban J connectivity index is 1.38. The van der Waals surface area contributed by atoms with Crippen LogP contribution in [0, 0.1) is 13.8 Å². The first-order valence-corrected chi connectivity index (χ1v) is 11.9. The molecule has 1 aromatic carbocycles. The topological polar surface area (TPSA) is 98.7 Å². The second-order valence-electron chi connectivity index (χ2n) is 7.69. The molecule has 0 radical (unpaired) electrons. The van der Waals surface area contributed by atoms with Gasteiger partial charge < -0.3 is 11.1 Å². The second-order valence-corrected chi connectivity index (χ2v) is 9.63. The number of fused-ring (bicyclic) bond motifs is 1. The van der Waals surface area contributed by atoms with E-state index in [2.05, 4.69) is 25.1 Å². The smallest absolute Gasteiger partial charge is 0.234 e. The van der Waals surface area contributed by atoms with E-state index in [1.165, 1.54) is 23.1 Å². The van der Waals surface area contributed by atoms with Crippen LogP contribution in [-0.2, 0) is 4.79 Å². The Bertz CT molecular complexity index is 1290. The standard InChI is InChI=1S/C22H22N6OS2/c1-12-5-3-7-16(13(12)2)25-17(29)11-30-22-27-26-20(28(22)14-8-9-14)19-18(23)15-6-4-10-24-21(15)31-19/h3-7,10,14H,8-9,11,23H2,1-2H3,(H,25,29). The first-order valence-electron chi connectivity index (χ1n) is 10.1. The molecular weight excluding hydrogens is 428 g/mol. The highest BCUT2D eigenvalue weighted by molar-refractivity contribution is 7.99. The minimum atomic E-state index is -0.0591. The number of pyridine rings is 1. The number of nitrogens with one attached hydrogen (secondary N) is 1. The SMILES string of the molecule is Cc1cccc(NC(=O)CSc2nnc(-c3sc4ncccc4c3N)n2C2CC2)c1C. The van der Waals surface area contributed by atoms with Crippen LogP contribution in [0.25, 0.3) is 20.9 Å². The number of thiophene rings is 1. The summed E-state index contributed by atoms with van der Waals surface area (Å²) >= 11 is 2.94. The Labute approximate surface area is 188 Å². The molecule has 1 saturated carbocycles. The molecule has 0 atom stereocenters. The van der Waals surface area contributed by atoms with Crippen LogP contribution in [0.3, 0.4) is 0 Å². The molecule has 0 saturated heterocycles. The average Bonchev–Trinajstić information content (AvgIpc) is 3.44. The van der Waals surface area contributed by atoms with Gasteiger partial charge in [-0.25, -0.2) is 4.98 Å². The van der Waals surface area contributed by atoms with Crippen LogP contribution in [0.1, 0.15) is 30.0 Å². The molecule has 5 rings (SSSR count). The zero-order chi connectivity index (χ0) is 21.5. The lowest BCUT2D eigenvalue weighted by Crippen LogP contribution is -2.15. The van der Waals surface area contributed by atoms with E-state index >= 15 is 0 Å². The fraction of sp³-hybridized carbons (Fsp3) is 0.273. The molecule has 0 unspecified atom stereocenters. The maximum atomic E-state index is 12.6. The zero-order valence-electron chi connectivity index (χ0n) is 17.3. The lowest BCUT2D eigenvalue weighted by atomic mass is 10.1. The van der Waals surface area contributed by atoms with E-state index in [4.69, 9.17) is 5.73 Å². The Morgan fingerprint density at radius 2 is 2.10 bits per heavy atom. The molecule has 7 nitrogen and oxygen atoms in total. The zero-order valence-corrected chi connectivity index (χ0v) is 18.9. The Hall–Kier alpha value is -2.91. The van der Waals surface area contributed by atoms with E-state index in [-0.39, 0.29) is 11.7 Å². The number of nitrogens with two attached hydrogens (primary N) is 1. The molecule has 158 valence electrons. The van der Waals surface area contributed by atoms with Gasteiger partial charge in [0, 0.05) is 23.3 Å². The van der Waals surface area contributed by atoms with E-state index in [9.17, 15) is 4.79 Å². The van der Waals surface area contributed by atoms with Crippen molar-refractivity contribution < 1.29 is 4.79 Å². The van der Waals surface area contributed by atoms with Gasteiger partial charge in [0.1, 0.15) is 4.83 Å². The summed E-state index contributed by atoms with van der Waals surface area (Å²) in [7, 11) is 0. The van der Waals surface area contributed by atoms with Gasteiger partial charge in [0.05, 0.1) is 16.3 Å². The summed E-state index contributed by atoms with van der Waals surface area (Å²) in [4.78, 5) is 18.8. The van der Waals surface area contributed by atoms with Gasteiger partial charge in [0.25, 0.3) is 0 Å². The minimum absolute atomic E-state index is 0.0591. The number of carbonyl (C=O) groups excluding carboxylic acids is 1. The number of nitrogen functional groups attached to an aromatic ring is 1. The van der Waals surface area contributed by atoms with Crippen molar-refractivity contribution in [1.29, 1.82) is 0 Å². The highest BCUT2D eigenvalue weighted by Gasteiger charge is 2.32. The number of hydrogen-bond acceptors (Lipinski definition) is 7. The summed E-state index contributed by atoms with van der Waals surface area (Å²) in [6.45, 7) is 4.05. The van der Waals surface area contributed by atoms with Gasteiger partial charge in [0.2, 0.25) is 5.91 Å². The van der Waals surface area contributed by atoms with E-state index in [1.807, 2.05) is 44.2 Å². The van der Waals surface area contributed by atoms with Gasteiger partial charge in [-0.1, -0.05) is 23.9 Å². The van der Waals surface area contributed by atoms with Crippen molar-refractivity contribution in [1.82, 2.24) is 19.7 Å². The third kappa shape index (κ3) is 3.79. The van der Waals surface area contributed by atoms with Gasteiger partial charge in [0.15, 0.2) is 11.0 Å². The molecule has 0 spiro atoms. The van der Waals surface area contributed by atoms with E-state index in [1.54, 1.807) is 6.20 Å². The van der Waals surface area contributed by atoms with Gasteiger partial charge in [-0.3, -0.25) is 9.36 Å². The van der Waals surface area contributed by atoms with Crippen LogP contribution in [-0.4, -0.2) is 31.4 Å². The third-order valence-electron chi connectivity index (χ3n) is 5.50. The molecule has 0 bridgehead atoms. The molecule has 3 aromatic heterocycles. The summed E-state index contributed by atoms with van der Waals surface area (Å²) in [5.41, 5.74) is 10.2. The van der Waals surface area contributed by atoms with Crippen LogP contribution in [0.2, 0.25) is 0 Å². The molecule has 1 amide bonds. The molecule has 31 heavy (non-hydrogen) atoms. The number of nitrogens with zero attached hydrogens (tertiary/aromatic N) is 4. The Morgan fingerprint density at radius 3 is 2.87 bits per heavy atom. The lowest BCUT2D eigenvalue weighted by Gasteiger charge is -2.11. The van der Waals surface area contributed by atoms with Gasteiger partial charge >= 0.3 is 0 Å². The van der Waals surface area contributed by atoms with Gasteiger partial charge in [-0.15, -0.1) is 21.5 Å². The molecule has 0 aliphatic heterocycles. The van der Waals surface area contributed by atoms with Gasteiger partial charge in [-0.05, 0) is 56.0 Å². The number of aryl methyl sites for hydroxylation is 1. The fourth-order valence-corrected chi connectivity index (χ4v) is 5.36. The second kappa shape index (κ2) is 7.97. The van der Waals surface area contributed by atoms with Crippen LogP contribution in [0.4, 0.5) is 11.4 Å². The maximum Gasteiger partial charge on any atom is 0.234 e. The Morgan fingerprint density at radius 1 is 1.26 bits per heavy atom. The molecule has 4 aromatic rings. The number of hydrogen-bond donors (Lipinski definition) is 2. The minimum Gasteiger partial charge on any atom is -0.397 e. The van der Waals surface area contributed by atoms with Crippen molar-refractivity contribution in [3.8, 4) is 10.7 Å². The number of carbonyl (C=O) groups is 1. The van der Waals surface area contributed by atoms with Crippen molar-refractivity contribution in [2.45, 2.75) is 37.9 Å². The van der Waals surface area contributed by atoms with E-state index < -0.39 is 0 Å². The summed E-state index contributed by atoms with van der Waals surface area (Å²) in [6, 6.07) is 10.1. The Kier molecular flexibility index (Phi) is 5.15. The first kappa shape index (κ1) is 20.0. The molecular formula is C22H22N6OS2. The number of benzene rings is 1. The average molecular weight is 451 g/mol. The number of rotatable bonds is 6. The van der Waals surface area contributed by atoms with Crippen LogP contribution in [0.15, 0.2) is 41.7 Å². The van der Waals surface area contributed by atoms with E-state index in [0.29, 0.717) is 11.7 Å². The molecule has 9 heteroatoms. The van der Waals surface area contributed by atoms with Crippen molar-refractivity contribution in [2.75, 3.05) is 16.8 Å². The summed E-state index contributed by atoms with van der Waals surface area (Å²) in [5, 5.41) is 13.6. The van der Waals surface area contributed by atoms with Crippen molar-refractivity contribution in [3.63, 3.8) is 0 Å². The highest BCUT2D eigenvalue weighted by Crippen LogP contribution is 2.45. The molecule has 3 heterocycles. The number of aromatic nitrogens is 4. The van der Waals surface area contributed by atoms with Crippen LogP contribution >= 0.6 is 23.1 Å². The quantitative estimate of drug-likeness (QED) is 0.409. The van der Waals surface area contributed by atoms with Crippen LogP contribution < -0.4 is 11.1 Å². The fourth-order valence-electron chi connectivity index (χ4n) is 3.51. The highest BCUT2D eigenvalue weighted by atomic mass is 32.2. The van der Waals surface area contributed by atoms with Crippen molar-refractivity contribution >= 4 is 50.6 Å². The van der Waals surface area contributed by atoms with Crippen LogP contribution in [0.5, 0.6) is 0 Å². The normalized spacial score (nSPS) is 13.6. The predicted octanol–water partition coefficient (Wildman–Crippen LogP) is 4.82. The third-order valence-corrected chi connectivity index (χ3v) is 7.56. The molecule has 1 aliphatic carbocycles. The van der Waals surface area contributed by atoms with Gasteiger partial charge in [-0.2, -0.15) is 0 Å². The largest absolute Gasteiger partial charge is 0.397 e. The first-order chi connectivity index (χ1) is 15.0. The molecule has 1 fully saturated rings. The number of anilines is 2. The number of thioether (sulfide) groups is 1. The lowest BCUT2D eigenvalue weighted by molar-refractivity contribution is -0.113. The summed E-state index contributed by atoms with van der Waals surface area (Å²) < 4.78 is 2.14. The summed E-state index contributed by atoms with van der Waals surface area (Å²) in [6.07, 6.45) is 3.93. The molecule has 1 aliphatic rings. The monoisotopic (exact) mass is 450 g/mol. The summed E-state index contributed by atoms with van der Waals surface area (Å²) in [5.74, 6) is 0.971. The maximum absolute atomic E-state index is 12.6. The number of amides is 1. The predicted molar refractivity (Wildman–Crippen MR) is 127 cm³/mol. The van der Waals surface area contributed by atoms with Crippen molar-refractivity contribution in [3.05, 3.63) is 47.7 Å². The van der Waals surface area contributed by atoms with E-state index in [0.717, 1.165) is 55.7 Å². The van der Waals surface area contributed by atoms with Crippen molar-refractivity contribution in [2.24, 2.45) is 0 Å². The molecule has 3 N–H and O–H groups in total.